The van der Waals surface area contributed by atoms with Gasteiger partial charge in [0.15, 0.2) is 0 Å². The third kappa shape index (κ3) is 7.47. The number of hydrogen-bond acceptors (Lipinski definition) is 5. The molecule has 2 aromatic rings. The summed E-state index contributed by atoms with van der Waals surface area (Å²) in [7, 11) is 3.23. The monoisotopic (exact) mass is 396 g/mol. The summed E-state index contributed by atoms with van der Waals surface area (Å²) < 4.78 is 5.11. The standard InChI is InChI=1S/C21H24N4O4/c1-22-19(14-23-21(27)13-16-6-9-18(29-2)10-7-16)24-17-5-3-4-15(12-17)8-11-20(26)25-28/h3-12,28H,13-14H2,1-2H3,(H,22,24)(H,23,27)(H,25,26)/b11-8+. The SMILES string of the molecule is CN=C(CNC(=O)Cc1ccc(OC)cc1)Nc1cccc(/C=C/C(=O)NO)c1. The van der Waals surface area contributed by atoms with E-state index in [9.17, 15) is 9.59 Å². The first kappa shape index (κ1) is 21.6. The Morgan fingerprint density at radius 1 is 1.17 bits per heavy atom. The smallest absolute Gasteiger partial charge is 0.267 e. The summed E-state index contributed by atoms with van der Waals surface area (Å²) in [5, 5.41) is 14.5. The molecule has 0 radical (unpaired) electrons. The van der Waals surface area contributed by atoms with Gasteiger partial charge in [0, 0.05) is 18.8 Å². The van der Waals surface area contributed by atoms with Crippen molar-refractivity contribution in [2.75, 3.05) is 26.0 Å². The van der Waals surface area contributed by atoms with Crippen LogP contribution in [0.4, 0.5) is 5.69 Å². The molecule has 0 fully saturated rings. The zero-order chi connectivity index (χ0) is 21.1. The summed E-state index contributed by atoms with van der Waals surface area (Å²) in [6.45, 7) is 0.248. The van der Waals surface area contributed by atoms with Gasteiger partial charge in [-0.05, 0) is 41.5 Å². The van der Waals surface area contributed by atoms with Gasteiger partial charge in [-0.15, -0.1) is 0 Å². The summed E-state index contributed by atoms with van der Waals surface area (Å²) >= 11 is 0. The van der Waals surface area contributed by atoms with Crippen LogP contribution in [0, 0.1) is 0 Å². The highest BCUT2D eigenvalue weighted by Gasteiger charge is 2.06. The van der Waals surface area contributed by atoms with Crippen molar-refractivity contribution in [1.29, 1.82) is 0 Å². The molecule has 2 aromatic carbocycles. The molecule has 0 aromatic heterocycles. The first-order valence-corrected chi connectivity index (χ1v) is 8.88. The normalized spacial score (nSPS) is 11.2. The number of rotatable bonds is 8. The van der Waals surface area contributed by atoms with Gasteiger partial charge in [0.1, 0.15) is 11.6 Å². The van der Waals surface area contributed by atoms with Crippen molar-refractivity contribution in [3.05, 3.63) is 65.7 Å². The van der Waals surface area contributed by atoms with E-state index in [4.69, 9.17) is 9.94 Å². The second kappa shape index (κ2) is 11.3. The maximum Gasteiger partial charge on any atom is 0.267 e. The van der Waals surface area contributed by atoms with Crippen molar-refractivity contribution in [1.82, 2.24) is 10.8 Å². The molecule has 0 aliphatic rings. The molecule has 0 aliphatic heterocycles. The average molecular weight is 396 g/mol. The van der Waals surface area contributed by atoms with Gasteiger partial charge < -0.3 is 15.4 Å². The van der Waals surface area contributed by atoms with Crippen LogP contribution in [0.2, 0.25) is 0 Å². The fourth-order valence-electron chi connectivity index (χ4n) is 2.45. The van der Waals surface area contributed by atoms with E-state index < -0.39 is 5.91 Å². The Bertz CT molecular complexity index is 892. The van der Waals surface area contributed by atoms with E-state index >= 15 is 0 Å². The minimum Gasteiger partial charge on any atom is -0.497 e. The Morgan fingerprint density at radius 3 is 2.59 bits per heavy atom. The quantitative estimate of drug-likeness (QED) is 0.179. The van der Waals surface area contributed by atoms with Gasteiger partial charge in [0.2, 0.25) is 5.91 Å². The molecule has 0 atom stereocenters. The molecule has 0 bridgehead atoms. The minimum absolute atomic E-state index is 0.121. The van der Waals surface area contributed by atoms with Crippen LogP contribution in [0.5, 0.6) is 5.75 Å². The second-order valence-corrected chi connectivity index (χ2v) is 6.03. The molecule has 0 unspecified atom stereocenters. The van der Waals surface area contributed by atoms with E-state index in [0.29, 0.717) is 5.84 Å². The Balaban J connectivity index is 1.89. The molecule has 0 heterocycles. The van der Waals surface area contributed by atoms with Gasteiger partial charge in [-0.3, -0.25) is 19.8 Å². The second-order valence-electron chi connectivity index (χ2n) is 6.03. The molecule has 8 heteroatoms. The predicted molar refractivity (Wildman–Crippen MR) is 112 cm³/mol. The lowest BCUT2D eigenvalue weighted by Gasteiger charge is -2.11. The van der Waals surface area contributed by atoms with Crippen LogP contribution in [0.15, 0.2) is 59.6 Å². The number of methoxy groups -OCH3 is 1. The molecule has 0 aliphatic carbocycles. The first-order chi connectivity index (χ1) is 14.0. The van der Waals surface area contributed by atoms with Crippen molar-refractivity contribution >= 4 is 29.4 Å². The number of amidine groups is 1. The Labute approximate surface area is 169 Å². The van der Waals surface area contributed by atoms with E-state index in [-0.39, 0.29) is 18.9 Å². The van der Waals surface area contributed by atoms with Crippen molar-refractivity contribution in [3.63, 3.8) is 0 Å². The molecule has 0 saturated heterocycles. The van der Waals surface area contributed by atoms with Crippen molar-refractivity contribution in [2.45, 2.75) is 6.42 Å². The number of carbonyl (C=O) groups excluding carboxylic acids is 2. The van der Waals surface area contributed by atoms with Crippen LogP contribution in [0.1, 0.15) is 11.1 Å². The van der Waals surface area contributed by atoms with Crippen LogP contribution in [0.3, 0.4) is 0 Å². The predicted octanol–water partition coefficient (Wildman–Crippen LogP) is 2.01. The number of hydroxylamine groups is 1. The van der Waals surface area contributed by atoms with E-state index in [1.165, 1.54) is 11.6 Å². The van der Waals surface area contributed by atoms with Crippen LogP contribution in [0.25, 0.3) is 6.08 Å². The minimum atomic E-state index is -0.612. The lowest BCUT2D eigenvalue weighted by atomic mass is 10.1. The number of anilines is 1. The summed E-state index contributed by atoms with van der Waals surface area (Å²) in [4.78, 5) is 27.4. The molecule has 8 nitrogen and oxygen atoms in total. The number of carbonyl (C=O) groups is 2. The summed E-state index contributed by atoms with van der Waals surface area (Å²) in [5.41, 5.74) is 3.93. The Kier molecular flexibility index (Phi) is 8.40. The third-order valence-electron chi connectivity index (χ3n) is 3.96. The van der Waals surface area contributed by atoms with Crippen LogP contribution in [-0.4, -0.2) is 43.6 Å². The summed E-state index contributed by atoms with van der Waals surface area (Å²) in [6, 6.07) is 14.6. The van der Waals surface area contributed by atoms with Crippen LogP contribution >= 0.6 is 0 Å². The molecule has 152 valence electrons. The van der Waals surface area contributed by atoms with Gasteiger partial charge in [0.05, 0.1) is 20.1 Å². The number of benzene rings is 2. The third-order valence-corrected chi connectivity index (χ3v) is 3.96. The molecule has 29 heavy (non-hydrogen) atoms. The number of aliphatic imine (C=N–C) groups is 1. The maximum atomic E-state index is 12.2. The Hall–Kier alpha value is -3.65. The lowest BCUT2D eigenvalue weighted by molar-refractivity contribution is -0.124. The molecule has 0 saturated carbocycles. The first-order valence-electron chi connectivity index (χ1n) is 8.88. The fraction of sp³-hybridized carbons (Fsp3) is 0.190. The van der Waals surface area contributed by atoms with Crippen LogP contribution in [-0.2, 0) is 16.0 Å². The largest absolute Gasteiger partial charge is 0.497 e. The van der Waals surface area contributed by atoms with Gasteiger partial charge in [-0.2, -0.15) is 0 Å². The lowest BCUT2D eigenvalue weighted by Crippen LogP contribution is -2.34. The summed E-state index contributed by atoms with van der Waals surface area (Å²) in [5.74, 6) is 0.596. The zero-order valence-electron chi connectivity index (χ0n) is 16.3. The van der Waals surface area contributed by atoms with Crippen molar-refractivity contribution in [2.24, 2.45) is 4.99 Å². The van der Waals surface area contributed by atoms with E-state index in [0.717, 1.165) is 22.6 Å². The van der Waals surface area contributed by atoms with E-state index in [1.807, 2.05) is 48.5 Å². The number of amides is 2. The highest BCUT2D eigenvalue weighted by molar-refractivity contribution is 5.99. The number of nitrogens with zero attached hydrogens (tertiary/aromatic N) is 1. The average Bonchev–Trinajstić information content (AvgIpc) is 2.75. The van der Waals surface area contributed by atoms with Crippen LogP contribution < -0.4 is 20.9 Å². The van der Waals surface area contributed by atoms with Gasteiger partial charge in [-0.25, -0.2) is 5.48 Å². The highest BCUT2D eigenvalue weighted by Crippen LogP contribution is 2.13. The zero-order valence-corrected chi connectivity index (χ0v) is 16.3. The van der Waals surface area contributed by atoms with Crippen molar-refractivity contribution < 1.29 is 19.5 Å². The van der Waals surface area contributed by atoms with Gasteiger partial charge >= 0.3 is 0 Å². The molecule has 2 rings (SSSR count). The Morgan fingerprint density at radius 2 is 1.93 bits per heavy atom. The summed E-state index contributed by atoms with van der Waals surface area (Å²) in [6.07, 6.45) is 3.04. The van der Waals surface area contributed by atoms with E-state index in [1.54, 1.807) is 20.2 Å². The van der Waals surface area contributed by atoms with Gasteiger partial charge in [-0.1, -0.05) is 24.3 Å². The molecular formula is C21H24N4O4. The fourth-order valence-corrected chi connectivity index (χ4v) is 2.45. The number of ether oxygens (including phenoxy) is 1. The highest BCUT2D eigenvalue weighted by atomic mass is 16.5. The molecular weight excluding hydrogens is 372 g/mol. The maximum absolute atomic E-state index is 12.2. The van der Waals surface area contributed by atoms with Crippen molar-refractivity contribution in [3.8, 4) is 5.75 Å². The molecule has 2 amide bonds. The molecule has 4 N–H and O–H groups in total. The number of nitrogens with one attached hydrogen (secondary N) is 3. The number of hydrogen-bond donors (Lipinski definition) is 4. The topological polar surface area (TPSA) is 112 Å². The van der Waals surface area contributed by atoms with E-state index in [2.05, 4.69) is 15.6 Å². The van der Waals surface area contributed by atoms with Gasteiger partial charge in [0.25, 0.3) is 5.91 Å². The molecule has 0 spiro atoms.